The van der Waals surface area contributed by atoms with E-state index in [-0.39, 0.29) is 24.3 Å². The summed E-state index contributed by atoms with van der Waals surface area (Å²) in [6, 6.07) is 24.6. The highest BCUT2D eigenvalue weighted by atomic mass is 79.9. The number of halogens is 1. The molecule has 0 unspecified atom stereocenters. The van der Waals surface area contributed by atoms with Gasteiger partial charge in [0.15, 0.2) is 6.61 Å². The molecule has 6 heteroatoms. The fourth-order valence-corrected chi connectivity index (χ4v) is 4.31. The van der Waals surface area contributed by atoms with Gasteiger partial charge in [-0.3, -0.25) is 9.59 Å². The summed E-state index contributed by atoms with van der Waals surface area (Å²) in [5.74, 6) is 0.492. The van der Waals surface area contributed by atoms with Crippen LogP contribution in [0.5, 0.6) is 5.75 Å². The van der Waals surface area contributed by atoms with Crippen LogP contribution < -0.4 is 10.1 Å². The van der Waals surface area contributed by atoms with Crippen LogP contribution in [-0.2, 0) is 22.6 Å². The first-order chi connectivity index (χ1) is 16.4. The Morgan fingerprint density at radius 2 is 1.62 bits per heavy atom. The molecule has 0 aliphatic carbocycles. The molecule has 0 fully saturated rings. The minimum absolute atomic E-state index is 0.153. The molecule has 0 bridgehead atoms. The van der Waals surface area contributed by atoms with Crippen LogP contribution in [0.3, 0.4) is 0 Å². The number of ether oxygens (including phenoxy) is 1. The number of nitrogens with one attached hydrogen (secondary N) is 1. The number of likely N-dealkylation sites (N-methyl/N-ethyl adjacent to an activating group) is 1. The molecule has 0 saturated carbocycles. The van der Waals surface area contributed by atoms with Crippen molar-refractivity contribution in [1.29, 1.82) is 0 Å². The average molecular weight is 523 g/mol. The number of benzene rings is 3. The largest absolute Gasteiger partial charge is 0.483 e. The molecule has 0 spiro atoms. The van der Waals surface area contributed by atoms with Gasteiger partial charge in [0.1, 0.15) is 11.8 Å². The SMILES string of the molecule is CNC(=O)[C@H](Cc1ccccc1)N(Cc1cccc(Br)c1)C(=O)COc1ccccc1C(C)C. The van der Waals surface area contributed by atoms with E-state index >= 15 is 0 Å². The zero-order valence-electron chi connectivity index (χ0n) is 19.8. The van der Waals surface area contributed by atoms with Gasteiger partial charge in [0.2, 0.25) is 5.91 Å². The van der Waals surface area contributed by atoms with Crippen LogP contribution >= 0.6 is 15.9 Å². The highest BCUT2D eigenvalue weighted by molar-refractivity contribution is 9.10. The number of para-hydroxylation sites is 1. The first kappa shape index (κ1) is 25.5. The Bertz CT molecular complexity index is 1100. The van der Waals surface area contributed by atoms with Crippen LogP contribution in [-0.4, -0.2) is 36.4 Å². The second-order valence-electron chi connectivity index (χ2n) is 8.45. The van der Waals surface area contributed by atoms with Crippen LogP contribution in [0.4, 0.5) is 0 Å². The summed E-state index contributed by atoms with van der Waals surface area (Å²) >= 11 is 3.50. The minimum Gasteiger partial charge on any atom is -0.483 e. The third-order valence-electron chi connectivity index (χ3n) is 5.65. The number of hydrogen-bond acceptors (Lipinski definition) is 3. The highest BCUT2D eigenvalue weighted by Gasteiger charge is 2.30. The Labute approximate surface area is 210 Å². The number of rotatable bonds is 10. The third-order valence-corrected chi connectivity index (χ3v) is 6.14. The average Bonchev–Trinajstić information content (AvgIpc) is 2.85. The molecule has 2 amide bonds. The first-order valence-electron chi connectivity index (χ1n) is 11.4. The Balaban J connectivity index is 1.89. The van der Waals surface area contributed by atoms with Crippen molar-refractivity contribution in [2.24, 2.45) is 0 Å². The highest BCUT2D eigenvalue weighted by Crippen LogP contribution is 2.26. The Morgan fingerprint density at radius 3 is 2.29 bits per heavy atom. The lowest BCUT2D eigenvalue weighted by Gasteiger charge is -2.31. The smallest absolute Gasteiger partial charge is 0.261 e. The standard InChI is InChI=1S/C28H31BrN2O3/c1-20(2)24-14-7-8-15-26(24)34-19-27(32)31(18-22-12-9-13-23(29)16-22)25(28(33)30-3)17-21-10-5-4-6-11-21/h4-16,20,25H,17-19H2,1-3H3,(H,30,33)/t25-/m0/s1. The van der Waals surface area contributed by atoms with E-state index in [1.165, 1.54) is 0 Å². The summed E-state index contributed by atoms with van der Waals surface area (Å²) in [6.45, 7) is 4.31. The molecule has 178 valence electrons. The second kappa shape index (κ2) is 12.4. The monoisotopic (exact) mass is 522 g/mol. The van der Waals surface area contributed by atoms with E-state index in [0.29, 0.717) is 18.7 Å². The molecule has 5 nitrogen and oxygen atoms in total. The fraction of sp³-hybridized carbons (Fsp3) is 0.286. The third kappa shape index (κ3) is 6.94. The van der Waals surface area contributed by atoms with Gasteiger partial charge in [-0.2, -0.15) is 0 Å². The van der Waals surface area contributed by atoms with Crippen LogP contribution in [0.1, 0.15) is 36.5 Å². The molecule has 34 heavy (non-hydrogen) atoms. The van der Waals surface area contributed by atoms with Gasteiger partial charge in [0.25, 0.3) is 5.91 Å². The van der Waals surface area contributed by atoms with Gasteiger partial charge in [0, 0.05) is 24.5 Å². The van der Waals surface area contributed by atoms with Crippen molar-refractivity contribution in [1.82, 2.24) is 10.2 Å². The van der Waals surface area contributed by atoms with Crippen molar-refractivity contribution in [3.05, 3.63) is 100 Å². The summed E-state index contributed by atoms with van der Waals surface area (Å²) in [5, 5.41) is 2.73. The van der Waals surface area contributed by atoms with E-state index in [9.17, 15) is 9.59 Å². The molecule has 3 aromatic rings. The summed E-state index contributed by atoms with van der Waals surface area (Å²) in [5.41, 5.74) is 2.95. The lowest BCUT2D eigenvalue weighted by atomic mass is 10.0. The molecule has 1 N–H and O–H groups in total. The maximum Gasteiger partial charge on any atom is 0.261 e. The molecule has 1 atom stereocenters. The predicted molar refractivity (Wildman–Crippen MR) is 139 cm³/mol. The van der Waals surface area contributed by atoms with Crippen molar-refractivity contribution >= 4 is 27.7 Å². The van der Waals surface area contributed by atoms with Crippen molar-refractivity contribution in [2.45, 2.75) is 38.8 Å². The van der Waals surface area contributed by atoms with Gasteiger partial charge in [-0.15, -0.1) is 0 Å². The zero-order chi connectivity index (χ0) is 24.5. The van der Waals surface area contributed by atoms with Crippen LogP contribution in [0, 0.1) is 0 Å². The van der Waals surface area contributed by atoms with E-state index in [1.54, 1.807) is 11.9 Å². The normalized spacial score (nSPS) is 11.7. The maximum absolute atomic E-state index is 13.5. The van der Waals surface area contributed by atoms with Gasteiger partial charge < -0.3 is 15.0 Å². The van der Waals surface area contributed by atoms with E-state index in [0.717, 1.165) is 21.2 Å². The molecule has 0 aliphatic heterocycles. The molecular weight excluding hydrogens is 492 g/mol. The number of carbonyl (C=O) groups is 2. The molecule has 0 aromatic heterocycles. The van der Waals surface area contributed by atoms with Crippen LogP contribution in [0.25, 0.3) is 0 Å². The van der Waals surface area contributed by atoms with Gasteiger partial charge >= 0.3 is 0 Å². The van der Waals surface area contributed by atoms with E-state index < -0.39 is 6.04 Å². The Hall–Kier alpha value is -3.12. The maximum atomic E-state index is 13.5. The molecule has 3 aromatic carbocycles. The number of nitrogens with zero attached hydrogens (tertiary/aromatic N) is 1. The van der Waals surface area contributed by atoms with Gasteiger partial charge in [-0.05, 0) is 40.8 Å². The zero-order valence-corrected chi connectivity index (χ0v) is 21.4. The molecule has 0 heterocycles. The van der Waals surface area contributed by atoms with Gasteiger partial charge in [0.05, 0.1) is 0 Å². The van der Waals surface area contributed by atoms with Crippen molar-refractivity contribution in [3.8, 4) is 5.75 Å². The lowest BCUT2D eigenvalue weighted by molar-refractivity contribution is -0.142. The molecule has 0 radical (unpaired) electrons. The van der Waals surface area contributed by atoms with E-state index in [1.807, 2.05) is 78.9 Å². The van der Waals surface area contributed by atoms with Crippen molar-refractivity contribution in [3.63, 3.8) is 0 Å². The van der Waals surface area contributed by atoms with Crippen LogP contribution in [0.15, 0.2) is 83.3 Å². The second-order valence-corrected chi connectivity index (χ2v) is 9.37. The summed E-state index contributed by atoms with van der Waals surface area (Å²) in [7, 11) is 1.59. The summed E-state index contributed by atoms with van der Waals surface area (Å²) in [6.07, 6.45) is 0.406. The van der Waals surface area contributed by atoms with Gasteiger partial charge in [-0.1, -0.05) is 90.4 Å². The molecular formula is C28H31BrN2O3. The Morgan fingerprint density at radius 1 is 0.941 bits per heavy atom. The minimum atomic E-state index is -0.678. The van der Waals surface area contributed by atoms with Crippen LogP contribution in [0.2, 0.25) is 0 Å². The topological polar surface area (TPSA) is 58.6 Å². The number of carbonyl (C=O) groups excluding carboxylic acids is 2. The van der Waals surface area contributed by atoms with E-state index in [4.69, 9.17) is 4.74 Å². The predicted octanol–water partition coefficient (Wildman–Crippen LogP) is 5.34. The van der Waals surface area contributed by atoms with Crippen molar-refractivity contribution < 1.29 is 14.3 Å². The first-order valence-corrected chi connectivity index (χ1v) is 12.2. The lowest BCUT2D eigenvalue weighted by Crippen LogP contribution is -2.51. The number of hydrogen-bond donors (Lipinski definition) is 1. The van der Waals surface area contributed by atoms with E-state index in [2.05, 4.69) is 35.1 Å². The van der Waals surface area contributed by atoms with Crippen molar-refractivity contribution in [2.75, 3.05) is 13.7 Å². The number of amides is 2. The Kier molecular flexibility index (Phi) is 9.28. The summed E-state index contributed by atoms with van der Waals surface area (Å²) < 4.78 is 6.90. The van der Waals surface area contributed by atoms with Gasteiger partial charge in [-0.25, -0.2) is 0 Å². The fourth-order valence-electron chi connectivity index (χ4n) is 3.86. The molecule has 0 saturated heterocycles. The molecule has 3 rings (SSSR count). The molecule has 0 aliphatic rings. The quantitative estimate of drug-likeness (QED) is 0.391. The summed E-state index contributed by atoms with van der Waals surface area (Å²) in [4.78, 5) is 28.1.